The lowest BCUT2D eigenvalue weighted by Crippen LogP contribution is -2.12. The van der Waals surface area contributed by atoms with E-state index >= 15 is 0 Å². The van der Waals surface area contributed by atoms with E-state index in [1.165, 1.54) is 0 Å². The SMILES string of the molecule is Cc1cccc(NC(=O)c2n[nH]c3ccc(C)cc23)c1. The maximum Gasteiger partial charge on any atom is 0.276 e. The highest BCUT2D eigenvalue weighted by molar-refractivity contribution is 6.11. The highest BCUT2D eigenvalue weighted by atomic mass is 16.1. The van der Waals surface area contributed by atoms with Crippen molar-refractivity contribution in [3.63, 3.8) is 0 Å². The largest absolute Gasteiger partial charge is 0.321 e. The molecule has 1 heterocycles. The van der Waals surface area contributed by atoms with E-state index in [1.54, 1.807) is 0 Å². The highest BCUT2D eigenvalue weighted by Crippen LogP contribution is 2.19. The van der Waals surface area contributed by atoms with Crippen molar-refractivity contribution in [3.05, 3.63) is 59.3 Å². The number of anilines is 1. The smallest absolute Gasteiger partial charge is 0.276 e. The summed E-state index contributed by atoms with van der Waals surface area (Å²) >= 11 is 0. The minimum atomic E-state index is -0.201. The quantitative estimate of drug-likeness (QED) is 0.745. The lowest BCUT2D eigenvalue weighted by molar-refractivity contribution is 0.102. The standard InChI is InChI=1S/C16H15N3O/c1-10-4-3-5-12(8-10)17-16(20)15-13-9-11(2)6-7-14(13)18-19-15/h3-9H,1-2H3,(H,17,20)(H,18,19). The zero-order valence-corrected chi connectivity index (χ0v) is 11.4. The molecule has 3 aromatic rings. The van der Waals surface area contributed by atoms with Crippen LogP contribution in [0, 0.1) is 13.8 Å². The summed E-state index contributed by atoms with van der Waals surface area (Å²) in [5, 5.41) is 10.7. The summed E-state index contributed by atoms with van der Waals surface area (Å²) in [4.78, 5) is 12.3. The molecule has 0 saturated carbocycles. The molecule has 0 bridgehead atoms. The summed E-state index contributed by atoms with van der Waals surface area (Å²) in [5.74, 6) is -0.201. The molecule has 0 aliphatic carbocycles. The zero-order chi connectivity index (χ0) is 14.1. The molecular weight excluding hydrogens is 250 g/mol. The number of nitrogens with zero attached hydrogens (tertiary/aromatic N) is 1. The van der Waals surface area contributed by atoms with Gasteiger partial charge in [0.15, 0.2) is 5.69 Å². The Hall–Kier alpha value is -2.62. The van der Waals surface area contributed by atoms with Crippen LogP contribution in [0.5, 0.6) is 0 Å². The van der Waals surface area contributed by atoms with Gasteiger partial charge in [0.2, 0.25) is 0 Å². The van der Waals surface area contributed by atoms with Gasteiger partial charge in [-0.15, -0.1) is 0 Å². The lowest BCUT2D eigenvalue weighted by Gasteiger charge is -2.04. The number of hydrogen-bond donors (Lipinski definition) is 2. The number of H-pyrrole nitrogens is 1. The second kappa shape index (κ2) is 4.81. The van der Waals surface area contributed by atoms with Crippen LogP contribution >= 0.6 is 0 Å². The molecule has 0 spiro atoms. The van der Waals surface area contributed by atoms with E-state index in [4.69, 9.17) is 0 Å². The molecule has 20 heavy (non-hydrogen) atoms. The molecule has 0 unspecified atom stereocenters. The van der Waals surface area contributed by atoms with Crippen LogP contribution in [0.25, 0.3) is 10.9 Å². The summed E-state index contributed by atoms with van der Waals surface area (Å²) in [6, 6.07) is 13.6. The first-order chi connectivity index (χ1) is 9.63. The second-order valence-corrected chi connectivity index (χ2v) is 4.94. The molecule has 0 fully saturated rings. The van der Waals surface area contributed by atoms with Crippen LogP contribution in [0.1, 0.15) is 21.6 Å². The molecular formula is C16H15N3O. The Labute approximate surface area is 116 Å². The molecule has 100 valence electrons. The first-order valence-electron chi connectivity index (χ1n) is 6.46. The van der Waals surface area contributed by atoms with Gasteiger partial charge in [-0.3, -0.25) is 9.89 Å². The molecule has 0 aliphatic rings. The van der Waals surface area contributed by atoms with E-state index in [0.717, 1.165) is 27.7 Å². The molecule has 0 aliphatic heterocycles. The van der Waals surface area contributed by atoms with Crippen molar-refractivity contribution in [2.75, 3.05) is 5.32 Å². The normalized spacial score (nSPS) is 10.7. The minimum absolute atomic E-state index is 0.201. The number of benzene rings is 2. The molecule has 0 atom stereocenters. The Kier molecular flexibility index (Phi) is 2.99. The molecule has 0 radical (unpaired) electrons. The third kappa shape index (κ3) is 2.28. The number of fused-ring (bicyclic) bond motifs is 1. The van der Waals surface area contributed by atoms with Gasteiger partial charge in [-0.05, 0) is 43.7 Å². The zero-order valence-electron chi connectivity index (χ0n) is 11.4. The summed E-state index contributed by atoms with van der Waals surface area (Å²) in [6.07, 6.45) is 0. The van der Waals surface area contributed by atoms with Gasteiger partial charge >= 0.3 is 0 Å². The maximum atomic E-state index is 12.3. The first-order valence-corrected chi connectivity index (χ1v) is 6.46. The van der Waals surface area contributed by atoms with Gasteiger partial charge in [-0.25, -0.2) is 0 Å². The van der Waals surface area contributed by atoms with Gasteiger partial charge in [-0.1, -0.05) is 23.8 Å². The number of carbonyl (C=O) groups is 1. The third-order valence-electron chi connectivity index (χ3n) is 3.21. The Morgan fingerprint density at radius 3 is 2.70 bits per heavy atom. The summed E-state index contributed by atoms with van der Waals surface area (Å²) < 4.78 is 0. The van der Waals surface area contributed by atoms with E-state index in [9.17, 15) is 4.79 Å². The van der Waals surface area contributed by atoms with Gasteiger partial charge in [-0.2, -0.15) is 5.10 Å². The molecule has 3 rings (SSSR count). The van der Waals surface area contributed by atoms with E-state index in [0.29, 0.717) is 5.69 Å². The number of amides is 1. The Bertz CT molecular complexity index is 789. The van der Waals surface area contributed by atoms with E-state index in [2.05, 4.69) is 15.5 Å². The number of rotatable bonds is 2. The van der Waals surface area contributed by atoms with Crippen LogP contribution in [0.15, 0.2) is 42.5 Å². The third-order valence-corrected chi connectivity index (χ3v) is 3.21. The molecule has 4 heteroatoms. The Morgan fingerprint density at radius 1 is 1.10 bits per heavy atom. The van der Waals surface area contributed by atoms with Crippen LogP contribution in [-0.4, -0.2) is 16.1 Å². The monoisotopic (exact) mass is 265 g/mol. The highest BCUT2D eigenvalue weighted by Gasteiger charge is 2.14. The van der Waals surface area contributed by atoms with Crippen LogP contribution in [0.2, 0.25) is 0 Å². The number of aromatic nitrogens is 2. The Morgan fingerprint density at radius 2 is 1.90 bits per heavy atom. The molecule has 1 amide bonds. The number of aromatic amines is 1. The summed E-state index contributed by atoms with van der Waals surface area (Å²) in [7, 11) is 0. The van der Waals surface area contributed by atoms with Gasteiger partial charge in [0.25, 0.3) is 5.91 Å². The average molecular weight is 265 g/mol. The van der Waals surface area contributed by atoms with Crippen LogP contribution in [0.3, 0.4) is 0 Å². The van der Waals surface area contributed by atoms with Gasteiger partial charge in [0, 0.05) is 11.1 Å². The molecule has 1 aromatic heterocycles. The average Bonchev–Trinajstić information content (AvgIpc) is 2.81. The van der Waals surface area contributed by atoms with Crippen molar-refractivity contribution < 1.29 is 4.79 Å². The topological polar surface area (TPSA) is 57.8 Å². The van der Waals surface area contributed by atoms with E-state index in [1.807, 2.05) is 56.3 Å². The van der Waals surface area contributed by atoms with Crippen molar-refractivity contribution in [1.29, 1.82) is 0 Å². The maximum absolute atomic E-state index is 12.3. The Balaban J connectivity index is 1.94. The first kappa shape index (κ1) is 12.4. The predicted molar refractivity (Wildman–Crippen MR) is 80.0 cm³/mol. The van der Waals surface area contributed by atoms with Crippen LogP contribution < -0.4 is 5.32 Å². The van der Waals surface area contributed by atoms with E-state index < -0.39 is 0 Å². The van der Waals surface area contributed by atoms with Crippen molar-refractivity contribution >= 4 is 22.5 Å². The van der Waals surface area contributed by atoms with Gasteiger partial charge in [0.05, 0.1) is 5.52 Å². The number of carbonyl (C=O) groups excluding carboxylic acids is 1. The van der Waals surface area contributed by atoms with Crippen LogP contribution in [0.4, 0.5) is 5.69 Å². The van der Waals surface area contributed by atoms with E-state index in [-0.39, 0.29) is 5.91 Å². The summed E-state index contributed by atoms with van der Waals surface area (Å²) in [5.41, 5.74) is 4.27. The second-order valence-electron chi connectivity index (χ2n) is 4.94. The number of nitrogens with one attached hydrogen (secondary N) is 2. The fourth-order valence-corrected chi connectivity index (χ4v) is 2.21. The minimum Gasteiger partial charge on any atom is -0.321 e. The fraction of sp³-hybridized carbons (Fsp3) is 0.125. The fourth-order valence-electron chi connectivity index (χ4n) is 2.21. The van der Waals surface area contributed by atoms with Crippen molar-refractivity contribution in [1.82, 2.24) is 10.2 Å². The van der Waals surface area contributed by atoms with Gasteiger partial charge < -0.3 is 5.32 Å². The van der Waals surface area contributed by atoms with Crippen molar-refractivity contribution in [2.45, 2.75) is 13.8 Å². The molecule has 2 N–H and O–H groups in total. The van der Waals surface area contributed by atoms with Gasteiger partial charge in [0.1, 0.15) is 0 Å². The summed E-state index contributed by atoms with van der Waals surface area (Å²) in [6.45, 7) is 3.98. The van der Waals surface area contributed by atoms with Crippen molar-refractivity contribution in [3.8, 4) is 0 Å². The molecule has 2 aromatic carbocycles. The van der Waals surface area contributed by atoms with Crippen molar-refractivity contribution in [2.24, 2.45) is 0 Å². The molecule has 4 nitrogen and oxygen atoms in total. The number of aryl methyl sites for hydroxylation is 2. The molecule has 0 saturated heterocycles. The lowest BCUT2D eigenvalue weighted by atomic mass is 10.1. The number of hydrogen-bond acceptors (Lipinski definition) is 2. The predicted octanol–water partition coefficient (Wildman–Crippen LogP) is 3.43. The van der Waals surface area contributed by atoms with Crippen LogP contribution in [-0.2, 0) is 0 Å².